The zero-order chi connectivity index (χ0) is 10.6. The summed E-state index contributed by atoms with van der Waals surface area (Å²) >= 11 is 11.4. The molecule has 0 radical (unpaired) electrons. The highest BCUT2D eigenvalue weighted by Crippen LogP contribution is 2.21. The third-order valence-electron chi connectivity index (χ3n) is 2.80. The number of likely N-dealkylation sites (tertiary alicyclic amines) is 1. The van der Waals surface area contributed by atoms with Crippen LogP contribution in [0.4, 0.5) is 0 Å². The number of aliphatic hydroxyl groups is 1. The van der Waals surface area contributed by atoms with Gasteiger partial charge in [-0.2, -0.15) is 0 Å². The number of hydrogen-bond acceptors (Lipinski definition) is 2. The largest absolute Gasteiger partial charge is 0.393 e. The molecule has 14 heavy (non-hydrogen) atoms. The van der Waals surface area contributed by atoms with Gasteiger partial charge in [0.1, 0.15) is 0 Å². The lowest BCUT2D eigenvalue weighted by Gasteiger charge is -2.35. The van der Waals surface area contributed by atoms with E-state index in [0.717, 1.165) is 25.9 Å². The van der Waals surface area contributed by atoms with Crippen LogP contribution < -0.4 is 0 Å². The van der Waals surface area contributed by atoms with Crippen LogP contribution in [0.2, 0.25) is 0 Å². The molecule has 2 unspecified atom stereocenters. The van der Waals surface area contributed by atoms with Gasteiger partial charge in [-0.3, -0.25) is 4.90 Å². The Kier molecular flexibility index (Phi) is 5.24. The van der Waals surface area contributed by atoms with E-state index in [-0.39, 0.29) is 6.10 Å². The SMILES string of the molecule is CCC1CN(CC(Cl)=CCl)CCC1O. The Labute approximate surface area is 95.5 Å². The topological polar surface area (TPSA) is 23.5 Å². The Balaban J connectivity index is 2.42. The van der Waals surface area contributed by atoms with Crippen LogP contribution in [-0.2, 0) is 0 Å². The molecule has 2 atom stereocenters. The fourth-order valence-electron chi connectivity index (χ4n) is 1.89. The van der Waals surface area contributed by atoms with E-state index in [0.29, 0.717) is 17.5 Å². The fraction of sp³-hybridized carbons (Fsp3) is 0.800. The van der Waals surface area contributed by atoms with Crippen molar-refractivity contribution in [3.8, 4) is 0 Å². The van der Waals surface area contributed by atoms with E-state index in [9.17, 15) is 5.11 Å². The predicted molar refractivity (Wildman–Crippen MR) is 60.6 cm³/mol. The van der Waals surface area contributed by atoms with Crippen molar-refractivity contribution in [1.29, 1.82) is 0 Å². The van der Waals surface area contributed by atoms with Crippen molar-refractivity contribution in [2.75, 3.05) is 19.6 Å². The number of halogens is 2. The molecule has 0 amide bonds. The highest BCUT2D eigenvalue weighted by molar-refractivity contribution is 6.36. The van der Waals surface area contributed by atoms with Crippen LogP contribution in [0.25, 0.3) is 0 Å². The van der Waals surface area contributed by atoms with Gasteiger partial charge in [0.05, 0.1) is 6.10 Å². The molecule has 0 aliphatic carbocycles. The summed E-state index contributed by atoms with van der Waals surface area (Å²) in [5.41, 5.74) is 1.41. The summed E-state index contributed by atoms with van der Waals surface area (Å²) in [4.78, 5) is 2.24. The van der Waals surface area contributed by atoms with Crippen molar-refractivity contribution in [1.82, 2.24) is 4.90 Å². The molecule has 0 bridgehead atoms. The minimum Gasteiger partial charge on any atom is -0.393 e. The van der Waals surface area contributed by atoms with E-state index in [2.05, 4.69) is 11.8 Å². The first kappa shape index (κ1) is 12.3. The lowest BCUT2D eigenvalue weighted by molar-refractivity contribution is 0.0292. The molecule has 1 rings (SSSR count). The molecule has 0 aromatic rings. The zero-order valence-corrected chi connectivity index (χ0v) is 9.93. The van der Waals surface area contributed by atoms with Crippen molar-refractivity contribution < 1.29 is 5.11 Å². The van der Waals surface area contributed by atoms with E-state index in [1.807, 2.05) is 0 Å². The number of rotatable bonds is 3. The van der Waals surface area contributed by atoms with Gasteiger partial charge in [-0.15, -0.1) is 0 Å². The second kappa shape index (κ2) is 5.96. The third-order valence-corrected chi connectivity index (χ3v) is 3.40. The minimum atomic E-state index is -0.144. The summed E-state index contributed by atoms with van der Waals surface area (Å²) in [6.07, 6.45) is 1.71. The predicted octanol–water partition coefficient (Wildman–Crippen LogP) is 2.40. The zero-order valence-electron chi connectivity index (χ0n) is 8.42. The monoisotopic (exact) mass is 237 g/mol. The van der Waals surface area contributed by atoms with Crippen LogP contribution in [0, 0.1) is 5.92 Å². The number of nitrogens with zero attached hydrogens (tertiary/aromatic N) is 1. The van der Waals surface area contributed by atoms with Gasteiger partial charge in [-0.25, -0.2) is 0 Å². The van der Waals surface area contributed by atoms with E-state index in [4.69, 9.17) is 23.2 Å². The normalized spacial score (nSPS) is 30.7. The van der Waals surface area contributed by atoms with Crippen LogP contribution in [0.5, 0.6) is 0 Å². The molecule has 0 aromatic heterocycles. The summed E-state index contributed by atoms with van der Waals surface area (Å²) < 4.78 is 0. The lowest BCUT2D eigenvalue weighted by atomic mass is 9.92. The Morgan fingerprint density at radius 3 is 2.93 bits per heavy atom. The molecule has 1 N–H and O–H groups in total. The number of aliphatic hydroxyl groups excluding tert-OH is 1. The minimum absolute atomic E-state index is 0.144. The second-order valence-electron chi connectivity index (χ2n) is 3.82. The van der Waals surface area contributed by atoms with E-state index in [1.54, 1.807) is 0 Å². The van der Waals surface area contributed by atoms with E-state index >= 15 is 0 Å². The maximum absolute atomic E-state index is 9.68. The molecule has 4 heteroatoms. The lowest BCUT2D eigenvalue weighted by Crippen LogP contribution is -2.43. The second-order valence-corrected chi connectivity index (χ2v) is 4.52. The summed E-state index contributed by atoms with van der Waals surface area (Å²) in [5, 5.41) is 10.3. The fourth-order valence-corrected chi connectivity index (χ4v) is 2.13. The average Bonchev–Trinajstić information content (AvgIpc) is 2.20. The van der Waals surface area contributed by atoms with Crippen LogP contribution >= 0.6 is 23.2 Å². The molecular formula is C10H17Cl2NO. The maximum atomic E-state index is 9.68. The molecule has 2 nitrogen and oxygen atoms in total. The molecular weight excluding hydrogens is 221 g/mol. The molecule has 82 valence electrons. The average molecular weight is 238 g/mol. The summed E-state index contributed by atoms with van der Waals surface area (Å²) in [6.45, 7) is 4.63. The highest BCUT2D eigenvalue weighted by Gasteiger charge is 2.26. The molecule has 1 aliphatic heterocycles. The van der Waals surface area contributed by atoms with E-state index < -0.39 is 0 Å². The Morgan fingerprint density at radius 1 is 1.64 bits per heavy atom. The Hall–Kier alpha value is 0.240. The van der Waals surface area contributed by atoms with Crippen molar-refractivity contribution in [2.24, 2.45) is 5.92 Å². The Bertz CT molecular complexity index is 208. The molecule has 1 fully saturated rings. The van der Waals surface area contributed by atoms with Crippen molar-refractivity contribution >= 4 is 23.2 Å². The molecule has 1 aliphatic rings. The van der Waals surface area contributed by atoms with Crippen LogP contribution in [0.1, 0.15) is 19.8 Å². The van der Waals surface area contributed by atoms with Gasteiger partial charge in [0, 0.05) is 30.2 Å². The van der Waals surface area contributed by atoms with E-state index in [1.165, 1.54) is 5.54 Å². The van der Waals surface area contributed by atoms with Crippen LogP contribution in [0.3, 0.4) is 0 Å². The molecule has 1 saturated heterocycles. The first-order valence-corrected chi connectivity index (χ1v) is 5.84. The van der Waals surface area contributed by atoms with Gasteiger partial charge in [-0.1, -0.05) is 30.1 Å². The summed E-state index contributed by atoms with van der Waals surface area (Å²) in [5.74, 6) is 0.378. The smallest absolute Gasteiger partial charge is 0.0592 e. The van der Waals surface area contributed by atoms with Gasteiger partial charge < -0.3 is 5.11 Å². The third kappa shape index (κ3) is 3.43. The summed E-state index contributed by atoms with van der Waals surface area (Å²) in [6, 6.07) is 0. The maximum Gasteiger partial charge on any atom is 0.0592 e. The van der Waals surface area contributed by atoms with Crippen LogP contribution in [-0.4, -0.2) is 35.7 Å². The van der Waals surface area contributed by atoms with Gasteiger partial charge >= 0.3 is 0 Å². The summed E-state index contributed by atoms with van der Waals surface area (Å²) in [7, 11) is 0. The van der Waals surface area contributed by atoms with Gasteiger partial charge in [0.15, 0.2) is 0 Å². The number of hydrogen-bond donors (Lipinski definition) is 1. The first-order valence-electron chi connectivity index (χ1n) is 5.02. The molecule has 1 heterocycles. The van der Waals surface area contributed by atoms with Gasteiger partial charge in [0.25, 0.3) is 0 Å². The molecule has 0 aromatic carbocycles. The molecule has 0 saturated carbocycles. The van der Waals surface area contributed by atoms with Gasteiger partial charge in [-0.05, 0) is 18.8 Å². The first-order chi connectivity index (χ1) is 6.67. The molecule has 0 spiro atoms. The number of piperidine rings is 1. The highest BCUT2D eigenvalue weighted by atomic mass is 35.5. The van der Waals surface area contributed by atoms with Crippen molar-refractivity contribution in [3.05, 3.63) is 10.6 Å². The quantitative estimate of drug-likeness (QED) is 0.816. The van der Waals surface area contributed by atoms with Crippen LogP contribution in [0.15, 0.2) is 10.6 Å². The van der Waals surface area contributed by atoms with Crippen molar-refractivity contribution in [3.63, 3.8) is 0 Å². The Morgan fingerprint density at radius 2 is 2.36 bits per heavy atom. The van der Waals surface area contributed by atoms with Crippen molar-refractivity contribution in [2.45, 2.75) is 25.9 Å². The standard InChI is InChI=1S/C10H17Cl2NO/c1-2-8-6-13(4-3-10(8)14)7-9(12)5-11/h5,8,10,14H,2-4,6-7H2,1H3. The van der Waals surface area contributed by atoms with Gasteiger partial charge in [0.2, 0.25) is 0 Å².